The molecule has 1 amide bonds. The molecule has 2 heterocycles. The maximum atomic E-state index is 12.8. The van der Waals surface area contributed by atoms with Gasteiger partial charge in [-0.3, -0.25) is 14.9 Å². The first-order valence-corrected chi connectivity index (χ1v) is 10.3. The van der Waals surface area contributed by atoms with E-state index in [1.807, 2.05) is 12.1 Å². The third-order valence-electron chi connectivity index (χ3n) is 5.21. The molecule has 4 rings (SSSR count). The van der Waals surface area contributed by atoms with E-state index < -0.39 is 10.8 Å². The molecule has 0 spiro atoms. The van der Waals surface area contributed by atoms with E-state index in [0.29, 0.717) is 12.4 Å². The fourth-order valence-electron chi connectivity index (χ4n) is 3.37. The van der Waals surface area contributed by atoms with Gasteiger partial charge in [0.15, 0.2) is 0 Å². The zero-order valence-corrected chi connectivity index (χ0v) is 18.5. The minimum absolute atomic E-state index is 0.0649. The Labute approximate surface area is 190 Å². The first-order chi connectivity index (χ1) is 15.7. The standard InChI is InChI=1S/C23H23N7O3/c1-23(2,3)18-7-4-16(5-8-18)13-28-21(10-11-25-28)27-22(31)17-6-9-19(20(12-17)30(32)33)29-15-24-14-26-29/h4-12,14-15H,13H2,1-3H3,(H,27,31). The predicted octanol–water partition coefficient (Wildman–Crippen LogP) is 3.97. The molecule has 2 aromatic carbocycles. The molecule has 0 aliphatic rings. The topological polar surface area (TPSA) is 121 Å². The third kappa shape index (κ3) is 4.79. The summed E-state index contributed by atoms with van der Waals surface area (Å²) in [6.45, 7) is 6.95. The molecule has 0 saturated heterocycles. The van der Waals surface area contributed by atoms with Crippen molar-refractivity contribution >= 4 is 17.4 Å². The molecule has 10 nitrogen and oxygen atoms in total. The van der Waals surface area contributed by atoms with Gasteiger partial charge < -0.3 is 5.32 Å². The maximum Gasteiger partial charge on any atom is 0.295 e. The quantitative estimate of drug-likeness (QED) is 0.354. The van der Waals surface area contributed by atoms with Gasteiger partial charge in [-0.2, -0.15) is 10.2 Å². The number of rotatable bonds is 6. The number of nitrogens with one attached hydrogen (secondary N) is 1. The highest BCUT2D eigenvalue weighted by Crippen LogP contribution is 2.25. The molecule has 0 saturated carbocycles. The summed E-state index contributed by atoms with van der Waals surface area (Å²) < 4.78 is 2.95. The van der Waals surface area contributed by atoms with E-state index >= 15 is 0 Å². The van der Waals surface area contributed by atoms with E-state index in [9.17, 15) is 14.9 Å². The van der Waals surface area contributed by atoms with E-state index in [1.165, 1.54) is 41.1 Å². The summed E-state index contributed by atoms with van der Waals surface area (Å²) >= 11 is 0. The largest absolute Gasteiger partial charge is 0.307 e. The van der Waals surface area contributed by atoms with Gasteiger partial charge in [0.05, 0.1) is 17.7 Å². The number of nitro groups is 1. The molecule has 33 heavy (non-hydrogen) atoms. The predicted molar refractivity (Wildman–Crippen MR) is 122 cm³/mol. The van der Waals surface area contributed by atoms with Crippen LogP contribution in [0.4, 0.5) is 11.5 Å². The van der Waals surface area contributed by atoms with Crippen LogP contribution in [-0.2, 0) is 12.0 Å². The molecular formula is C23H23N7O3. The summed E-state index contributed by atoms with van der Waals surface area (Å²) in [5.41, 5.74) is 2.45. The van der Waals surface area contributed by atoms with Crippen LogP contribution in [0, 0.1) is 10.1 Å². The highest BCUT2D eigenvalue weighted by atomic mass is 16.6. The number of nitrogens with zero attached hydrogens (tertiary/aromatic N) is 6. The average molecular weight is 445 g/mol. The number of aromatic nitrogens is 5. The van der Waals surface area contributed by atoms with Crippen molar-refractivity contribution in [2.24, 2.45) is 0 Å². The van der Waals surface area contributed by atoms with Crippen LogP contribution in [0.2, 0.25) is 0 Å². The Morgan fingerprint density at radius 3 is 2.48 bits per heavy atom. The summed E-state index contributed by atoms with van der Waals surface area (Å²) in [6.07, 6.45) is 4.23. The Hall–Kier alpha value is -4.34. The van der Waals surface area contributed by atoms with Gasteiger partial charge in [0.25, 0.3) is 11.6 Å². The number of amides is 1. The minimum atomic E-state index is -0.556. The Balaban J connectivity index is 1.53. The number of carbonyl (C=O) groups is 1. The number of benzene rings is 2. The summed E-state index contributed by atoms with van der Waals surface area (Å²) in [5, 5.41) is 22.6. The molecule has 0 unspecified atom stereocenters. The first kappa shape index (κ1) is 21.9. The monoisotopic (exact) mass is 445 g/mol. The molecule has 2 aromatic heterocycles. The summed E-state index contributed by atoms with van der Waals surface area (Å²) in [7, 11) is 0. The zero-order chi connectivity index (χ0) is 23.6. The Kier molecular flexibility index (Phi) is 5.74. The van der Waals surface area contributed by atoms with E-state index in [-0.39, 0.29) is 22.4 Å². The van der Waals surface area contributed by atoms with E-state index in [4.69, 9.17) is 0 Å². The van der Waals surface area contributed by atoms with Gasteiger partial charge in [-0.25, -0.2) is 14.3 Å². The Bertz CT molecular complexity index is 1290. The molecule has 1 N–H and O–H groups in total. The number of hydrogen-bond donors (Lipinski definition) is 1. The van der Waals surface area contributed by atoms with Crippen molar-refractivity contribution in [3.05, 3.63) is 94.2 Å². The Morgan fingerprint density at radius 2 is 1.85 bits per heavy atom. The van der Waals surface area contributed by atoms with E-state index in [1.54, 1.807) is 16.9 Å². The van der Waals surface area contributed by atoms with Crippen LogP contribution in [0.3, 0.4) is 0 Å². The second-order valence-corrected chi connectivity index (χ2v) is 8.58. The normalized spacial score (nSPS) is 11.4. The van der Waals surface area contributed by atoms with Crippen LogP contribution < -0.4 is 5.32 Å². The Morgan fingerprint density at radius 1 is 1.09 bits per heavy atom. The molecule has 0 bridgehead atoms. The van der Waals surface area contributed by atoms with E-state index in [2.05, 4.69) is 53.4 Å². The van der Waals surface area contributed by atoms with E-state index in [0.717, 1.165) is 5.56 Å². The number of hydrogen-bond acceptors (Lipinski definition) is 6. The molecule has 0 fully saturated rings. The molecule has 4 aromatic rings. The molecule has 0 radical (unpaired) electrons. The van der Waals surface area contributed by atoms with Crippen LogP contribution in [0.25, 0.3) is 5.69 Å². The van der Waals surface area contributed by atoms with Crippen molar-refractivity contribution in [1.29, 1.82) is 0 Å². The van der Waals surface area contributed by atoms with Crippen molar-refractivity contribution < 1.29 is 9.72 Å². The lowest BCUT2D eigenvalue weighted by molar-refractivity contribution is -0.384. The van der Waals surface area contributed by atoms with Crippen molar-refractivity contribution in [2.45, 2.75) is 32.7 Å². The highest BCUT2D eigenvalue weighted by Gasteiger charge is 2.20. The average Bonchev–Trinajstić information content (AvgIpc) is 3.46. The van der Waals surface area contributed by atoms with Gasteiger partial charge in [-0.05, 0) is 28.7 Å². The van der Waals surface area contributed by atoms with Gasteiger partial charge in [0, 0.05) is 17.7 Å². The number of nitro benzene ring substituents is 1. The molecule has 0 atom stereocenters. The third-order valence-corrected chi connectivity index (χ3v) is 5.21. The van der Waals surface area contributed by atoms with Gasteiger partial charge in [-0.15, -0.1) is 0 Å². The first-order valence-electron chi connectivity index (χ1n) is 10.3. The van der Waals surface area contributed by atoms with Gasteiger partial charge >= 0.3 is 0 Å². The van der Waals surface area contributed by atoms with Gasteiger partial charge in [0.1, 0.15) is 24.2 Å². The van der Waals surface area contributed by atoms with Crippen molar-refractivity contribution in [3.8, 4) is 5.69 Å². The van der Waals surface area contributed by atoms with Crippen molar-refractivity contribution in [2.75, 3.05) is 5.32 Å². The second-order valence-electron chi connectivity index (χ2n) is 8.58. The van der Waals surface area contributed by atoms with Crippen LogP contribution in [0.5, 0.6) is 0 Å². The lowest BCUT2D eigenvalue weighted by Gasteiger charge is -2.19. The fraction of sp³-hybridized carbons (Fsp3) is 0.217. The number of carbonyl (C=O) groups excluding carboxylic acids is 1. The SMILES string of the molecule is CC(C)(C)c1ccc(Cn2nccc2NC(=O)c2ccc(-n3cncn3)c([N+](=O)[O-])c2)cc1. The molecule has 10 heteroatoms. The summed E-state index contributed by atoms with van der Waals surface area (Å²) in [4.78, 5) is 27.6. The lowest BCUT2D eigenvalue weighted by atomic mass is 9.87. The highest BCUT2D eigenvalue weighted by molar-refractivity contribution is 6.04. The lowest BCUT2D eigenvalue weighted by Crippen LogP contribution is -2.17. The van der Waals surface area contributed by atoms with Crippen LogP contribution in [-0.4, -0.2) is 35.4 Å². The summed E-state index contributed by atoms with van der Waals surface area (Å²) in [5.74, 6) is 0.0102. The van der Waals surface area contributed by atoms with Crippen LogP contribution >= 0.6 is 0 Å². The van der Waals surface area contributed by atoms with Crippen molar-refractivity contribution in [3.63, 3.8) is 0 Å². The molecular weight excluding hydrogens is 422 g/mol. The zero-order valence-electron chi connectivity index (χ0n) is 18.5. The van der Waals surface area contributed by atoms with Gasteiger partial charge in [0.2, 0.25) is 0 Å². The minimum Gasteiger partial charge on any atom is -0.307 e. The molecule has 168 valence electrons. The molecule has 0 aliphatic carbocycles. The second kappa shape index (κ2) is 8.65. The fourth-order valence-corrected chi connectivity index (χ4v) is 3.37. The van der Waals surface area contributed by atoms with Crippen molar-refractivity contribution in [1.82, 2.24) is 24.5 Å². The summed E-state index contributed by atoms with van der Waals surface area (Å²) in [6, 6.07) is 14.1. The number of anilines is 1. The van der Waals surface area contributed by atoms with Crippen LogP contribution in [0.1, 0.15) is 42.3 Å². The molecule has 0 aliphatic heterocycles. The smallest absolute Gasteiger partial charge is 0.295 e. The maximum absolute atomic E-state index is 12.8. The van der Waals surface area contributed by atoms with Gasteiger partial charge in [-0.1, -0.05) is 45.0 Å². The van der Waals surface area contributed by atoms with Crippen LogP contribution in [0.15, 0.2) is 67.4 Å².